The molecule has 0 fully saturated rings. The first kappa shape index (κ1) is 15.7. The van der Waals surface area contributed by atoms with Crippen LogP contribution in [0.2, 0.25) is 18.9 Å². The van der Waals surface area contributed by atoms with Gasteiger partial charge in [-0.05, 0) is 0 Å². The van der Waals surface area contributed by atoms with Gasteiger partial charge in [0, 0.05) is 0 Å². The van der Waals surface area contributed by atoms with Gasteiger partial charge in [-0.3, -0.25) is 0 Å². The fraction of sp³-hybridized carbons (Fsp3) is 1.00. The van der Waals surface area contributed by atoms with Crippen LogP contribution < -0.4 is 0 Å². The number of rotatable bonds is 10. The molecule has 0 aromatic carbocycles. The Bertz CT molecular complexity index is 110. The predicted octanol–water partition coefficient (Wildman–Crippen LogP) is 6.23. The van der Waals surface area contributed by atoms with E-state index in [1.807, 2.05) is 0 Å². The Hall–Kier alpha value is 0.714. The summed E-state index contributed by atoms with van der Waals surface area (Å²) in [6.07, 6.45) is 8.77. The molecule has 0 rings (SSSR count). The standard InChI is InChI=1S/3C4H9.C2H5.Ti/c3*1-3-4-2;1-2;/h3*1,3-4H2,2H3;1H2,2H3;. The molecule has 0 heterocycles. The van der Waals surface area contributed by atoms with Crippen molar-refractivity contribution in [1.29, 1.82) is 0 Å². The van der Waals surface area contributed by atoms with Gasteiger partial charge in [-0.1, -0.05) is 0 Å². The summed E-state index contributed by atoms with van der Waals surface area (Å²) in [6.45, 7) is 9.54. The van der Waals surface area contributed by atoms with Crippen molar-refractivity contribution in [2.75, 3.05) is 0 Å². The van der Waals surface area contributed by atoms with Crippen molar-refractivity contribution in [3.05, 3.63) is 0 Å². The van der Waals surface area contributed by atoms with Gasteiger partial charge < -0.3 is 0 Å². The summed E-state index contributed by atoms with van der Waals surface area (Å²) in [7, 11) is 0. The van der Waals surface area contributed by atoms with Crippen molar-refractivity contribution in [1.82, 2.24) is 0 Å². The Kier molecular flexibility index (Phi) is 10.4. The summed E-state index contributed by atoms with van der Waals surface area (Å²) in [5.41, 5.74) is 0. The third-order valence-corrected chi connectivity index (χ3v) is 12.9. The van der Waals surface area contributed by atoms with Gasteiger partial charge in [0.2, 0.25) is 0 Å². The van der Waals surface area contributed by atoms with Crippen LogP contribution in [0.25, 0.3) is 0 Å². The first-order valence-corrected chi connectivity index (χ1v) is 11.7. The fourth-order valence-electron chi connectivity index (χ4n) is 2.56. The van der Waals surface area contributed by atoms with E-state index >= 15 is 0 Å². The second-order valence-electron chi connectivity index (χ2n) is 5.16. The van der Waals surface area contributed by atoms with E-state index in [1.165, 1.54) is 38.5 Å². The molecule has 15 heavy (non-hydrogen) atoms. The van der Waals surface area contributed by atoms with E-state index in [4.69, 9.17) is 0 Å². The number of hydrogen-bond donors (Lipinski definition) is 0. The monoisotopic (exact) mass is 248 g/mol. The normalized spacial score (nSPS) is 12.0. The zero-order valence-electron chi connectivity index (χ0n) is 11.6. The first-order valence-electron chi connectivity index (χ1n) is 7.24. The maximum absolute atomic E-state index is 2.49. The minimum atomic E-state index is -1.37. The molecular weight excluding hydrogens is 216 g/mol. The molecule has 0 aromatic heterocycles. The number of unbranched alkanes of at least 4 members (excludes halogenated alkanes) is 3. The number of hydrogen-bond acceptors (Lipinski definition) is 0. The minimum absolute atomic E-state index is 1.37. The quantitative estimate of drug-likeness (QED) is 0.402. The van der Waals surface area contributed by atoms with E-state index in [0.717, 1.165) is 0 Å². The molecule has 0 radical (unpaired) electrons. The molecule has 0 aliphatic heterocycles. The molecule has 0 atom stereocenters. The average Bonchev–Trinajstić information content (AvgIpc) is 2.29. The van der Waals surface area contributed by atoms with Crippen molar-refractivity contribution in [2.24, 2.45) is 0 Å². The van der Waals surface area contributed by atoms with Crippen molar-refractivity contribution in [3.63, 3.8) is 0 Å². The van der Waals surface area contributed by atoms with Crippen LogP contribution in [0.1, 0.15) is 66.2 Å². The van der Waals surface area contributed by atoms with E-state index < -0.39 is 16.6 Å². The van der Waals surface area contributed by atoms with Crippen LogP contribution in [-0.4, -0.2) is 0 Å². The van der Waals surface area contributed by atoms with Crippen LogP contribution in [0.3, 0.4) is 0 Å². The van der Waals surface area contributed by atoms with Crippen molar-refractivity contribution < 1.29 is 16.6 Å². The van der Waals surface area contributed by atoms with E-state index in [0.29, 0.717) is 0 Å². The molecule has 0 nitrogen and oxygen atoms in total. The van der Waals surface area contributed by atoms with Gasteiger partial charge in [0.15, 0.2) is 0 Å². The Balaban J connectivity index is 4.16. The van der Waals surface area contributed by atoms with Gasteiger partial charge in [0.25, 0.3) is 0 Å². The molecule has 92 valence electrons. The molecule has 0 spiro atoms. The van der Waals surface area contributed by atoms with Crippen LogP contribution in [0.15, 0.2) is 0 Å². The van der Waals surface area contributed by atoms with E-state index in [-0.39, 0.29) is 0 Å². The van der Waals surface area contributed by atoms with Crippen molar-refractivity contribution >= 4 is 0 Å². The summed E-state index contributed by atoms with van der Waals surface area (Å²) < 4.78 is 6.56. The van der Waals surface area contributed by atoms with E-state index in [2.05, 4.69) is 27.7 Å². The van der Waals surface area contributed by atoms with Crippen LogP contribution in [0.5, 0.6) is 0 Å². The topological polar surface area (TPSA) is 0 Å². The summed E-state index contributed by atoms with van der Waals surface area (Å²) >= 11 is -1.37. The van der Waals surface area contributed by atoms with E-state index in [1.54, 1.807) is 18.9 Å². The van der Waals surface area contributed by atoms with E-state index in [9.17, 15) is 0 Å². The Labute approximate surface area is 102 Å². The molecule has 0 aliphatic carbocycles. The zero-order valence-corrected chi connectivity index (χ0v) is 13.1. The van der Waals surface area contributed by atoms with Gasteiger partial charge in [-0.2, -0.15) is 0 Å². The van der Waals surface area contributed by atoms with Gasteiger partial charge in [-0.25, -0.2) is 0 Å². The SMILES string of the molecule is CCC[CH2][Ti]([CH2]C)([CH2]CCC)[CH2]CCC. The Morgan fingerprint density at radius 2 is 0.933 bits per heavy atom. The molecule has 0 saturated heterocycles. The fourth-order valence-corrected chi connectivity index (χ4v) is 10.6. The van der Waals surface area contributed by atoms with Gasteiger partial charge >= 0.3 is 102 Å². The van der Waals surface area contributed by atoms with Gasteiger partial charge in [-0.15, -0.1) is 0 Å². The molecule has 0 N–H and O–H groups in total. The summed E-state index contributed by atoms with van der Waals surface area (Å²) in [5.74, 6) is 0. The molecule has 1 heteroatoms. The molecule has 0 unspecified atom stereocenters. The first-order chi connectivity index (χ1) is 7.24. The third kappa shape index (κ3) is 6.79. The Morgan fingerprint density at radius 3 is 1.13 bits per heavy atom. The molecule has 0 amide bonds. The van der Waals surface area contributed by atoms with Crippen LogP contribution >= 0.6 is 0 Å². The average molecular weight is 248 g/mol. The van der Waals surface area contributed by atoms with Crippen molar-refractivity contribution in [2.45, 2.75) is 85.1 Å². The predicted molar refractivity (Wildman–Crippen MR) is 69.6 cm³/mol. The van der Waals surface area contributed by atoms with Gasteiger partial charge in [0.05, 0.1) is 0 Å². The summed E-state index contributed by atoms with van der Waals surface area (Å²) in [6, 6.07) is 0. The maximum atomic E-state index is 2.49. The summed E-state index contributed by atoms with van der Waals surface area (Å²) in [4.78, 5) is 0. The van der Waals surface area contributed by atoms with Crippen molar-refractivity contribution in [3.8, 4) is 0 Å². The molecule has 0 saturated carbocycles. The van der Waals surface area contributed by atoms with Crippen LogP contribution in [-0.2, 0) is 16.6 Å². The second kappa shape index (κ2) is 9.91. The molecule has 0 aromatic rings. The Morgan fingerprint density at radius 1 is 0.600 bits per heavy atom. The molecular formula is C14H32Ti. The van der Waals surface area contributed by atoms with Crippen LogP contribution in [0, 0.1) is 0 Å². The van der Waals surface area contributed by atoms with Crippen LogP contribution in [0.4, 0.5) is 0 Å². The molecule has 0 bridgehead atoms. The summed E-state index contributed by atoms with van der Waals surface area (Å²) in [5, 5.41) is 0. The third-order valence-electron chi connectivity index (χ3n) is 3.93. The second-order valence-corrected chi connectivity index (χ2v) is 13.3. The zero-order chi connectivity index (χ0) is 11.6. The van der Waals surface area contributed by atoms with Gasteiger partial charge in [0.1, 0.15) is 0 Å². The molecule has 0 aliphatic rings.